The molecule has 2 rings (SSSR count). The van der Waals surface area contributed by atoms with Crippen molar-refractivity contribution in [2.45, 2.75) is 50.7 Å². The molecule has 1 aliphatic heterocycles. The molecule has 1 saturated carbocycles. The fourth-order valence-corrected chi connectivity index (χ4v) is 3.13. The maximum atomic E-state index is 12.5. The Hall–Kier alpha value is -0.610. The Bertz CT molecular complexity index is 281. The van der Waals surface area contributed by atoms with Crippen molar-refractivity contribution in [1.82, 2.24) is 10.2 Å². The first-order chi connectivity index (χ1) is 8.07. The number of aliphatic hydroxyl groups is 1. The fourth-order valence-electron chi connectivity index (χ4n) is 3.13. The largest absolute Gasteiger partial charge is 0.393 e. The van der Waals surface area contributed by atoms with Crippen molar-refractivity contribution >= 4 is 5.91 Å². The van der Waals surface area contributed by atoms with Crippen molar-refractivity contribution in [3.05, 3.63) is 0 Å². The first-order valence-corrected chi connectivity index (χ1v) is 6.76. The van der Waals surface area contributed by atoms with Gasteiger partial charge in [0.2, 0.25) is 5.91 Å². The van der Waals surface area contributed by atoms with Crippen LogP contribution >= 0.6 is 0 Å². The van der Waals surface area contributed by atoms with E-state index in [1.54, 1.807) is 0 Å². The number of carbonyl (C=O) groups excluding carboxylic acids is 1. The predicted molar refractivity (Wildman–Crippen MR) is 66.6 cm³/mol. The Morgan fingerprint density at radius 1 is 1.53 bits per heavy atom. The van der Waals surface area contributed by atoms with Gasteiger partial charge in [0.25, 0.3) is 0 Å². The fraction of sp³-hybridized carbons (Fsp3) is 0.923. The van der Waals surface area contributed by atoms with Gasteiger partial charge in [0.15, 0.2) is 0 Å². The number of likely N-dealkylation sites (N-methyl/N-ethyl adjacent to an activating group) is 1. The van der Waals surface area contributed by atoms with Crippen molar-refractivity contribution in [2.75, 3.05) is 20.1 Å². The Balaban J connectivity index is 1.89. The monoisotopic (exact) mass is 240 g/mol. The number of aliphatic hydroxyl groups excluding tert-OH is 1. The third-order valence-corrected chi connectivity index (χ3v) is 4.35. The van der Waals surface area contributed by atoms with Crippen molar-refractivity contribution in [3.8, 4) is 0 Å². The molecule has 1 atom stereocenters. The Labute approximate surface area is 103 Å². The van der Waals surface area contributed by atoms with Gasteiger partial charge in [-0.05, 0) is 44.6 Å². The second kappa shape index (κ2) is 4.94. The van der Waals surface area contributed by atoms with Crippen LogP contribution in [0.25, 0.3) is 0 Å². The number of hydrogen-bond acceptors (Lipinski definition) is 3. The van der Waals surface area contributed by atoms with Gasteiger partial charge in [-0.15, -0.1) is 0 Å². The smallest absolute Gasteiger partial charge is 0.242 e. The molecule has 0 aromatic rings. The molecule has 1 heterocycles. The quantitative estimate of drug-likeness (QED) is 0.762. The van der Waals surface area contributed by atoms with Crippen LogP contribution in [-0.2, 0) is 4.79 Å². The third-order valence-electron chi connectivity index (χ3n) is 4.35. The molecular weight excluding hydrogens is 216 g/mol. The summed E-state index contributed by atoms with van der Waals surface area (Å²) in [7, 11) is 1.89. The van der Waals surface area contributed by atoms with Crippen LogP contribution in [0.2, 0.25) is 0 Å². The maximum Gasteiger partial charge on any atom is 0.242 e. The minimum atomic E-state index is -0.308. The van der Waals surface area contributed by atoms with E-state index >= 15 is 0 Å². The molecule has 2 fully saturated rings. The van der Waals surface area contributed by atoms with Crippen molar-refractivity contribution in [3.63, 3.8) is 0 Å². The number of rotatable bonds is 4. The summed E-state index contributed by atoms with van der Waals surface area (Å²) >= 11 is 0. The highest BCUT2D eigenvalue weighted by atomic mass is 16.3. The zero-order valence-corrected chi connectivity index (χ0v) is 10.9. The molecule has 2 aliphatic rings. The average molecular weight is 240 g/mol. The van der Waals surface area contributed by atoms with Crippen LogP contribution in [0, 0.1) is 5.92 Å². The van der Waals surface area contributed by atoms with Gasteiger partial charge in [-0.2, -0.15) is 0 Å². The SMILES string of the molecule is CCC1(C(=O)N(C)CC2CC(O)C2)CCCN1. The molecule has 0 radical (unpaired) electrons. The summed E-state index contributed by atoms with van der Waals surface area (Å²) in [6.07, 6.45) is 4.49. The van der Waals surface area contributed by atoms with Gasteiger partial charge in [0.1, 0.15) is 0 Å². The van der Waals surface area contributed by atoms with Crippen LogP contribution in [-0.4, -0.2) is 47.7 Å². The van der Waals surface area contributed by atoms with E-state index in [1.807, 2.05) is 11.9 Å². The van der Waals surface area contributed by atoms with E-state index in [1.165, 1.54) is 0 Å². The lowest BCUT2D eigenvalue weighted by Gasteiger charge is -2.38. The lowest BCUT2D eigenvalue weighted by Crippen LogP contribution is -2.55. The van der Waals surface area contributed by atoms with Crippen molar-refractivity contribution in [2.24, 2.45) is 5.92 Å². The summed E-state index contributed by atoms with van der Waals surface area (Å²) in [4.78, 5) is 14.3. The summed E-state index contributed by atoms with van der Waals surface area (Å²) in [5, 5.41) is 12.6. The molecule has 98 valence electrons. The molecule has 2 N–H and O–H groups in total. The highest BCUT2D eigenvalue weighted by Crippen LogP contribution is 2.30. The van der Waals surface area contributed by atoms with Gasteiger partial charge in [-0.1, -0.05) is 6.92 Å². The number of hydrogen-bond donors (Lipinski definition) is 2. The normalized spacial score (nSPS) is 36.6. The molecule has 1 amide bonds. The number of carbonyl (C=O) groups is 1. The second-order valence-corrected chi connectivity index (χ2v) is 5.64. The van der Waals surface area contributed by atoms with Crippen LogP contribution in [0.15, 0.2) is 0 Å². The highest BCUT2D eigenvalue weighted by molar-refractivity contribution is 5.86. The minimum Gasteiger partial charge on any atom is -0.393 e. The summed E-state index contributed by atoms with van der Waals surface area (Å²) in [5.74, 6) is 0.730. The first-order valence-electron chi connectivity index (χ1n) is 6.76. The van der Waals surface area contributed by atoms with E-state index < -0.39 is 0 Å². The van der Waals surface area contributed by atoms with Gasteiger partial charge in [-0.25, -0.2) is 0 Å². The molecule has 0 bridgehead atoms. The first kappa shape index (κ1) is 12.8. The van der Waals surface area contributed by atoms with Crippen LogP contribution in [0.5, 0.6) is 0 Å². The van der Waals surface area contributed by atoms with E-state index in [4.69, 9.17) is 0 Å². The topological polar surface area (TPSA) is 52.6 Å². The van der Waals surface area contributed by atoms with Crippen molar-refractivity contribution in [1.29, 1.82) is 0 Å². The van der Waals surface area contributed by atoms with Crippen LogP contribution in [0.4, 0.5) is 0 Å². The van der Waals surface area contributed by atoms with E-state index in [0.717, 1.165) is 45.2 Å². The van der Waals surface area contributed by atoms with Gasteiger partial charge in [-0.3, -0.25) is 4.79 Å². The molecule has 0 aromatic carbocycles. The Kier molecular flexibility index (Phi) is 3.73. The van der Waals surface area contributed by atoms with Gasteiger partial charge in [0.05, 0.1) is 11.6 Å². The standard InChI is InChI=1S/C13H24N2O2/c1-3-13(5-4-6-14-13)12(17)15(2)9-10-7-11(16)8-10/h10-11,14,16H,3-9H2,1-2H3. The van der Waals surface area contributed by atoms with Crippen LogP contribution < -0.4 is 5.32 Å². The lowest BCUT2D eigenvalue weighted by atomic mass is 9.81. The Morgan fingerprint density at radius 3 is 2.71 bits per heavy atom. The summed E-state index contributed by atoms with van der Waals surface area (Å²) in [6.45, 7) is 3.83. The molecule has 4 nitrogen and oxygen atoms in total. The molecular formula is C13H24N2O2. The van der Waals surface area contributed by atoms with E-state index in [-0.39, 0.29) is 17.6 Å². The van der Waals surface area contributed by atoms with E-state index in [0.29, 0.717) is 5.92 Å². The van der Waals surface area contributed by atoms with Gasteiger partial charge >= 0.3 is 0 Å². The zero-order chi connectivity index (χ0) is 12.5. The molecule has 17 heavy (non-hydrogen) atoms. The molecule has 0 aromatic heterocycles. The summed E-state index contributed by atoms with van der Waals surface area (Å²) < 4.78 is 0. The summed E-state index contributed by atoms with van der Waals surface area (Å²) in [6, 6.07) is 0. The number of nitrogens with one attached hydrogen (secondary N) is 1. The van der Waals surface area contributed by atoms with Crippen molar-refractivity contribution < 1.29 is 9.90 Å². The lowest BCUT2D eigenvalue weighted by molar-refractivity contribution is -0.138. The molecule has 1 unspecified atom stereocenters. The maximum absolute atomic E-state index is 12.5. The van der Waals surface area contributed by atoms with E-state index in [9.17, 15) is 9.90 Å². The second-order valence-electron chi connectivity index (χ2n) is 5.64. The molecule has 0 spiro atoms. The van der Waals surface area contributed by atoms with Gasteiger partial charge < -0.3 is 15.3 Å². The average Bonchev–Trinajstić information content (AvgIpc) is 2.75. The van der Waals surface area contributed by atoms with Crippen LogP contribution in [0.1, 0.15) is 39.0 Å². The molecule has 1 saturated heterocycles. The molecule has 1 aliphatic carbocycles. The minimum absolute atomic E-state index is 0.131. The van der Waals surface area contributed by atoms with Crippen LogP contribution in [0.3, 0.4) is 0 Å². The zero-order valence-electron chi connectivity index (χ0n) is 10.9. The Morgan fingerprint density at radius 2 is 2.24 bits per heavy atom. The summed E-state index contributed by atoms with van der Waals surface area (Å²) in [5.41, 5.74) is -0.308. The number of nitrogens with zero attached hydrogens (tertiary/aromatic N) is 1. The predicted octanol–water partition coefficient (Wildman–Crippen LogP) is 0.748. The number of amides is 1. The van der Waals surface area contributed by atoms with E-state index in [2.05, 4.69) is 12.2 Å². The highest BCUT2D eigenvalue weighted by Gasteiger charge is 2.41. The molecule has 4 heteroatoms. The van der Waals surface area contributed by atoms with Gasteiger partial charge in [0, 0.05) is 13.6 Å². The third kappa shape index (κ3) is 2.47.